The van der Waals surface area contributed by atoms with Crippen LogP contribution in [0.3, 0.4) is 0 Å². The Kier molecular flexibility index (Phi) is 6.25. The number of carbonyl (C=O) groups excluding carboxylic acids is 1. The Balaban J connectivity index is 2.14. The van der Waals surface area contributed by atoms with Crippen LogP contribution < -0.4 is 0 Å². The standard InChI is InChI=1S/C17H17Cl2FN2O/c1-2-9-22(17(23)16(18)19)12-15-4-3-10-21(15)11-13-5-7-14(20)8-6-13/h2-8,10,16H,1,9,11-12H2. The smallest absolute Gasteiger partial charge is 0.256 e. The fraction of sp³-hybridized carbons (Fsp3) is 0.235. The van der Waals surface area contributed by atoms with Crippen molar-refractivity contribution in [1.29, 1.82) is 0 Å². The molecular weight excluding hydrogens is 338 g/mol. The van der Waals surface area contributed by atoms with Gasteiger partial charge in [0.25, 0.3) is 5.91 Å². The SMILES string of the molecule is C=CCN(Cc1cccn1Cc1ccc(F)cc1)C(=O)C(Cl)Cl. The van der Waals surface area contributed by atoms with Crippen LogP contribution in [0.5, 0.6) is 0 Å². The first-order valence-electron chi connectivity index (χ1n) is 7.07. The lowest BCUT2D eigenvalue weighted by atomic mass is 10.2. The highest BCUT2D eigenvalue weighted by atomic mass is 35.5. The first kappa shape index (κ1) is 17.6. The number of benzene rings is 1. The van der Waals surface area contributed by atoms with Gasteiger partial charge in [0.15, 0.2) is 4.84 Å². The van der Waals surface area contributed by atoms with Crippen molar-refractivity contribution < 1.29 is 9.18 Å². The fourth-order valence-electron chi connectivity index (χ4n) is 2.26. The van der Waals surface area contributed by atoms with Crippen molar-refractivity contribution in [3.05, 3.63) is 72.3 Å². The van der Waals surface area contributed by atoms with E-state index in [1.165, 1.54) is 17.0 Å². The molecule has 6 heteroatoms. The van der Waals surface area contributed by atoms with Gasteiger partial charge in [-0.1, -0.05) is 41.4 Å². The van der Waals surface area contributed by atoms with Crippen LogP contribution in [-0.2, 0) is 17.9 Å². The van der Waals surface area contributed by atoms with E-state index in [4.69, 9.17) is 23.2 Å². The number of hydrogen-bond acceptors (Lipinski definition) is 1. The van der Waals surface area contributed by atoms with E-state index in [2.05, 4.69) is 6.58 Å². The molecule has 3 nitrogen and oxygen atoms in total. The van der Waals surface area contributed by atoms with E-state index < -0.39 is 4.84 Å². The Morgan fingerprint density at radius 2 is 2.00 bits per heavy atom. The molecule has 0 unspecified atom stereocenters. The summed E-state index contributed by atoms with van der Waals surface area (Å²) in [6.45, 7) is 4.96. The van der Waals surface area contributed by atoms with Gasteiger partial charge in [0.05, 0.1) is 6.54 Å². The summed E-state index contributed by atoms with van der Waals surface area (Å²) in [6, 6.07) is 10.1. The van der Waals surface area contributed by atoms with Gasteiger partial charge in [0.1, 0.15) is 5.82 Å². The van der Waals surface area contributed by atoms with Gasteiger partial charge in [-0.15, -0.1) is 6.58 Å². The van der Waals surface area contributed by atoms with Crippen molar-refractivity contribution >= 4 is 29.1 Å². The maximum absolute atomic E-state index is 13.0. The second-order valence-electron chi connectivity index (χ2n) is 5.06. The third-order valence-electron chi connectivity index (χ3n) is 3.39. The molecule has 2 rings (SSSR count). The van der Waals surface area contributed by atoms with Crippen LogP contribution in [0.2, 0.25) is 0 Å². The maximum atomic E-state index is 13.0. The van der Waals surface area contributed by atoms with E-state index in [1.54, 1.807) is 18.2 Å². The Morgan fingerprint density at radius 3 is 2.61 bits per heavy atom. The Labute approximate surface area is 144 Å². The second kappa shape index (κ2) is 8.18. The summed E-state index contributed by atoms with van der Waals surface area (Å²) in [7, 11) is 0. The topological polar surface area (TPSA) is 25.2 Å². The molecule has 0 saturated heterocycles. The number of aromatic nitrogens is 1. The van der Waals surface area contributed by atoms with Crippen molar-refractivity contribution in [2.75, 3.05) is 6.54 Å². The number of hydrogen-bond donors (Lipinski definition) is 0. The summed E-state index contributed by atoms with van der Waals surface area (Å²) >= 11 is 11.4. The van der Waals surface area contributed by atoms with Crippen molar-refractivity contribution in [1.82, 2.24) is 9.47 Å². The average molecular weight is 355 g/mol. The lowest BCUT2D eigenvalue weighted by molar-refractivity contribution is -0.129. The normalized spacial score (nSPS) is 10.8. The van der Waals surface area contributed by atoms with E-state index in [1.807, 2.05) is 22.9 Å². The second-order valence-corrected chi connectivity index (χ2v) is 6.16. The van der Waals surface area contributed by atoms with E-state index in [0.29, 0.717) is 19.6 Å². The van der Waals surface area contributed by atoms with Gasteiger partial charge in [-0.05, 0) is 29.8 Å². The molecule has 1 amide bonds. The van der Waals surface area contributed by atoms with Gasteiger partial charge in [-0.25, -0.2) is 4.39 Å². The molecule has 0 radical (unpaired) electrons. The molecule has 1 aromatic carbocycles. The molecule has 0 aliphatic rings. The molecule has 0 aliphatic heterocycles. The predicted octanol–water partition coefficient (Wildman–Crippen LogP) is 3.99. The molecule has 0 saturated carbocycles. The highest BCUT2D eigenvalue weighted by Gasteiger charge is 2.20. The first-order valence-corrected chi connectivity index (χ1v) is 7.95. The number of carbonyl (C=O) groups is 1. The van der Waals surface area contributed by atoms with Crippen molar-refractivity contribution in [3.8, 4) is 0 Å². The lowest BCUT2D eigenvalue weighted by Gasteiger charge is -2.22. The molecule has 0 atom stereocenters. The van der Waals surface area contributed by atoms with E-state index in [0.717, 1.165) is 11.3 Å². The zero-order chi connectivity index (χ0) is 16.8. The highest BCUT2D eigenvalue weighted by Crippen LogP contribution is 2.14. The summed E-state index contributed by atoms with van der Waals surface area (Å²) in [4.78, 5) is 12.5. The van der Waals surface area contributed by atoms with Crippen molar-refractivity contribution in [2.45, 2.75) is 17.9 Å². The molecule has 0 N–H and O–H groups in total. The molecule has 0 aliphatic carbocycles. The molecule has 1 heterocycles. The van der Waals surface area contributed by atoms with Gasteiger partial charge in [-0.2, -0.15) is 0 Å². The van der Waals surface area contributed by atoms with Crippen LogP contribution in [0.15, 0.2) is 55.3 Å². The van der Waals surface area contributed by atoms with Crippen LogP contribution >= 0.6 is 23.2 Å². The zero-order valence-corrected chi connectivity index (χ0v) is 14.0. The summed E-state index contributed by atoms with van der Waals surface area (Å²) in [5.41, 5.74) is 1.90. The highest BCUT2D eigenvalue weighted by molar-refractivity contribution is 6.53. The largest absolute Gasteiger partial charge is 0.345 e. The van der Waals surface area contributed by atoms with E-state index in [9.17, 15) is 9.18 Å². The third kappa shape index (κ3) is 4.85. The number of nitrogens with zero attached hydrogens (tertiary/aromatic N) is 2. The van der Waals surface area contributed by atoms with Crippen LogP contribution in [0, 0.1) is 5.82 Å². The van der Waals surface area contributed by atoms with Gasteiger partial charge < -0.3 is 9.47 Å². The molecule has 2 aromatic rings. The van der Waals surface area contributed by atoms with Crippen LogP contribution in [0.25, 0.3) is 0 Å². The molecule has 23 heavy (non-hydrogen) atoms. The Hall–Kier alpha value is -1.78. The number of alkyl halides is 2. The van der Waals surface area contributed by atoms with Gasteiger partial charge in [0, 0.05) is 25.0 Å². The quantitative estimate of drug-likeness (QED) is 0.545. The first-order chi connectivity index (χ1) is 11.0. The third-order valence-corrected chi connectivity index (χ3v) is 3.76. The van der Waals surface area contributed by atoms with E-state index in [-0.39, 0.29) is 11.7 Å². The van der Waals surface area contributed by atoms with Crippen LogP contribution in [0.1, 0.15) is 11.3 Å². The minimum atomic E-state index is -1.10. The molecule has 0 spiro atoms. The van der Waals surface area contributed by atoms with Gasteiger partial charge >= 0.3 is 0 Å². The number of rotatable bonds is 7. The Bertz CT molecular complexity index is 667. The molecular formula is C17H17Cl2FN2O. The fourth-order valence-corrected chi connectivity index (χ4v) is 2.53. The minimum Gasteiger partial charge on any atom is -0.345 e. The monoisotopic (exact) mass is 354 g/mol. The predicted molar refractivity (Wildman–Crippen MR) is 91.0 cm³/mol. The maximum Gasteiger partial charge on any atom is 0.256 e. The minimum absolute atomic E-state index is 0.264. The van der Waals surface area contributed by atoms with Crippen molar-refractivity contribution in [3.63, 3.8) is 0 Å². The van der Waals surface area contributed by atoms with Crippen molar-refractivity contribution in [2.24, 2.45) is 0 Å². The number of halogens is 3. The van der Waals surface area contributed by atoms with Crippen LogP contribution in [-0.4, -0.2) is 26.8 Å². The Morgan fingerprint density at radius 1 is 1.30 bits per heavy atom. The van der Waals surface area contributed by atoms with Gasteiger partial charge in [-0.3, -0.25) is 4.79 Å². The molecule has 0 fully saturated rings. The zero-order valence-electron chi connectivity index (χ0n) is 12.5. The summed E-state index contributed by atoms with van der Waals surface area (Å²) < 4.78 is 15.0. The summed E-state index contributed by atoms with van der Waals surface area (Å²) in [5, 5.41) is 0. The lowest BCUT2D eigenvalue weighted by Crippen LogP contribution is -2.35. The molecule has 0 bridgehead atoms. The number of amides is 1. The van der Waals surface area contributed by atoms with Crippen LogP contribution in [0.4, 0.5) is 4.39 Å². The van der Waals surface area contributed by atoms with E-state index >= 15 is 0 Å². The molecule has 122 valence electrons. The van der Waals surface area contributed by atoms with Gasteiger partial charge in [0.2, 0.25) is 0 Å². The summed E-state index contributed by atoms with van der Waals surface area (Å²) in [6.07, 6.45) is 3.54. The average Bonchev–Trinajstić information content (AvgIpc) is 2.95. The molecule has 1 aromatic heterocycles. The summed E-state index contributed by atoms with van der Waals surface area (Å²) in [5.74, 6) is -0.623.